The van der Waals surface area contributed by atoms with E-state index in [0.717, 1.165) is 37.0 Å². The Hall–Kier alpha value is -1.96. The predicted octanol–water partition coefficient (Wildman–Crippen LogP) is 3.01. The molecule has 0 bridgehead atoms. The summed E-state index contributed by atoms with van der Waals surface area (Å²) in [5, 5.41) is 7.71. The molecule has 2 N–H and O–H groups in total. The summed E-state index contributed by atoms with van der Waals surface area (Å²) < 4.78 is 11.4. The Balaban J connectivity index is 1.45. The van der Waals surface area contributed by atoms with Gasteiger partial charge >= 0.3 is 0 Å². The molecule has 2 aromatic rings. The number of benzene rings is 1. The maximum Gasteiger partial charge on any atom is 0.191 e. The predicted molar refractivity (Wildman–Crippen MR) is 109 cm³/mol. The molecule has 1 aromatic heterocycles. The van der Waals surface area contributed by atoms with Crippen LogP contribution in [0.15, 0.2) is 35.5 Å². The first-order chi connectivity index (χ1) is 13.2. The molecule has 0 saturated carbocycles. The minimum absolute atomic E-state index is 0.318. The van der Waals surface area contributed by atoms with Gasteiger partial charge in [-0.15, -0.1) is 11.3 Å². The molecule has 1 saturated heterocycles. The molecular formula is C20H28N4O2S. The van der Waals surface area contributed by atoms with E-state index in [-0.39, 0.29) is 0 Å². The van der Waals surface area contributed by atoms with Crippen molar-refractivity contribution in [2.75, 3.05) is 20.3 Å². The Kier molecular flexibility index (Phi) is 7.62. The Bertz CT molecular complexity index is 741. The molecule has 2 heterocycles. The van der Waals surface area contributed by atoms with Crippen LogP contribution in [0, 0.1) is 6.92 Å². The fraction of sp³-hybridized carbons (Fsp3) is 0.500. The third-order valence-corrected chi connectivity index (χ3v) is 5.32. The number of ether oxygens (including phenoxy) is 2. The number of aryl methyl sites for hydroxylation is 1. The number of nitrogens with zero attached hydrogens (tertiary/aromatic N) is 2. The molecule has 0 atom stereocenters. The number of hydrogen-bond acceptors (Lipinski definition) is 5. The molecule has 0 amide bonds. The highest BCUT2D eigenvalue weighted by Crippen LogP contribution is 2.14. The minimum atomic E-state index is 0.318. The van der Waals surface area contributed by atoms with E-state index in [0.29, 0.717) is 25.8 Å². The van der Waals surface area contributed by atoms with Gasteiger partial charge in [0.1, 0.15) is 5.01 Å². The summed E-state index contributed by atoms with van der Waals surface area (Å²) in [6.45, 7) is 5.71. The lowest BCUT2D eigenvalue weighted by Gasteiger charge is -2.22. The second-order valence-electron chi connectivity index (χ2n) is 6.59. The van der Waals surface area contributed by atoms with Crippen LogP contribution in [-0.4, -0.2) is 37.3 Å². The SMILES string of the molecule is CN=C(NCc1cccc(COC2CCOCC2)c1)NCc1ncc(C)s1. The van der Waals surface area contributed by atoms with Crippen LogP contribution in [0.2, 0.25) is 0 Å². The lowest BCUT2D eigenvalue weighted by atomic mass is 10.1. The highest BCUT2D eigenvalue weighted by molar-refractivity contribution is 7.11. The van der Waals surface area contributed by atoms with E-state index < -0.39 is 0 Å². The Morgan fingerprint density at radius 3 is 2.78 bits per heavy atom. The molecule has 27 heavy (non-hydrogen) atoms. The van der Waals surface area contributed by atoms with Crippen molar-refractivity contribution in [2.24, 2.45) is 4.99 Å². The lowest BCUT2D eigenvalue weighted by molar-refractivity contribution is -0.0390. The van der Waals surface area contributed by atoms with Crippen LogP contribution in [0.3, 0.4) is 0 Å². The van der Waals surface area contributed by atoms with E-state index in [9.17, 15) is 0 Å². The monoisotopic (exact) mass is 388 g/mol. The first-order valence-corrected chi connectivity index (χ1v) is 10.2. The van der Waals surface area contributed by atoms with Gasteiger partial charge in [0, 0.05) is 37.9 Å². The van der Waals surface area contributed by atoms with Crippen molar-refractivity contribution in [1.82, 2.24) is 15.6 Å². The molecule has 146 valence electrons. The second-order valence-corrected chi connectivity index (χ2v) is 7.91. The highest BCUT2D eigenvalue weighted by Gasteiger charge is 2.14. The Morgan fingerprint density at radius 2 is 2.04 bits per heavy atom. The van der Waals surface area contributed by atoms with E-state index in [1.165, 1.54) is 16.0 Å². The van der Waals surface area contributed by atoms with Crippen LogP contribution in [-0.2, 0) is 29.2 Å². The minimum Gasteiger partial charge on any atom is -0.381 e. The second kappa shape index (κ2) is 10.4. The van der Waals surface area contributed by atoms with Gasteiger partial charge in [0.2, 0.25) is 0 Å². The van der Waals surface area contributed by atoms with Gasteiger partial charge in [-0.2, -0.15) is 0 Å². The molecule has 3 rings (SSSR count). The smallest absolute Gasteiger partial charge is 0.191 e. The first kappa shape index (κ1) is 19.8. The van der Waals surface area contributed by atoms with E-state index >= 15 is 0 Å². The van der Waals surface area contributed by atoms with Crippen molar-refractivity contribution in [2.45, 2.75) is 45.6 Å². The molecule has 0 spiro atoms. The number of rotatable bonds is 7. The van der Waals surface area contributed by atoms with Gasteiger partial charge in [-0.25, -0.2) is 4.98 Å². The summed E-state index contributed by atoms with van der Waals surface area (Å²) in [4.78, 5) is 9.86. The van der Waals surface area contributed by atoms with Gasteiger partial charge in [-0.3, -0.25) is 4.99 Å². The van der Waals surface area contributed by atoms with Crippen LogP contribution >= 0.6 is 11.3 Å². The lowest BCUT2D eigenvalue weighted by Crippen LogP contribution is -2.36. The van der Waals surface area contributed by atoms with Crippen LogP contribution in [0.25, 0.3) is 0 Å². The molecule has 1 aliphatic heterocycles. The molecule has 7 heteroatoms. The standard InChI is InChI=1S/C20H28N4O2S/c1-15-11-22-19(27-15)13-24-20(21-2)23-12-16-4-3-5-17(10-16)14-26-18-6-8-25-9-7-18/h3-5,10-11,18H,6-9,12-14H2,1-2H3,(H2,21,23,24). The maximum absolute atomic E-state index is 6.02. The maximum atomic E-state index is 6.02. The fourth-order valence-electron chi connectivity index (χ4n) is 2.93. The summed E-state index contributed by atoms with van der Waals surface area (Å²) in [5.41, 5.74) is 2.40. The number of nitrogens with one attached hydrogen (secondary N) is 2. The average molecular weight is 389 g/mol. The van der Waals surface area contributed by atoms with Crippen LogP contribution in [0.5, 0.6) is 0 Å². The molecule has 1 aromatic carbocycles. The van der Waals surface area contributed by atoms with Gasteiger partial charge in [0.05, 0.1) is 19.3 Å². The third-order valence-electron chi connectivity index (χ3n) is 4.41. The first-order valence-electron chi connectivity index (χ1n) is 9.36. The van der Waals surface area contributed by atoms with Crippen molar-refractivity contribution in [3.8, 4) is 0 Å². The summed E-state index contributed by atoms with van der Waals surface area (Å²) in [6, 6.07) is 8.49. The zero-order valence-electron chi connectivity index (χ0n) is 16.0. The quantitative estimate of drug-likeness (QED) is 0.564. The van der Waals surface area contributed by atoms with E-state index in [4.69, 9.17) is 9.47 Å². The van der Waals surface area contributed by atoms with Crippen molar-refractivity contribution in [1.29, 1.82) is 0 Å². The summed E-state index contributed by atoms with van der Waals surface area (Å²) in [6.07, 6.45) is 4.19. The van der Waals surface area contributed by atoms with Crippen molar-refractivity contribution in [3.05, 3.63) is 51.5 Å². The largest absolute Gasteiger partial charge is 0.381 e. The number of aromatic nitrogens is 1. The molecule has 1 fully saturated rings. The summed E-state index contributed by atoms with van der Waals surface area (Å²) >= 11 is 1.70. The zero-order chi connectivity index (χ0) is 18.9. The highest BCUT2D eigenvalue weighted by atomic mass is 32.1. The van der Waals surface area contributed by atoms with E-state index in [1.54, 1.807) is 18.4 Å². The summed E-state index contributed by atoms with van der Waals surface area (Å²) in [7, 11) is 1.78. The summed E-state index contributed by atoms with van der Waals surface area (Å²) in [5.74, 6) is 0.770. The van der Waals surface area contributed by atoms with E-state index in [1.807, 2.05) is 6.20 Å². The van der Waals surface area contributed by atoms with Gasteiger partial charge in [-0.1, -0.05) is 24.3 Å². The molecule has 1 aliphatic rings. The Morgan fingerprint density at radius 1 is 1.26 bits per heavy atom. The average Bonchev–Trinajstić information content (AvgIpc) is 3.13. The molecule has 0 aliphatic carbocycles. The van der Waals surface area contributed by atoms with Crippen molar-refractivity contribution < 1.29 is 9.47 Å². The Labute approximate surface area is 165 Å². The van der Waals surface area contributed by atoms with Gasteiger partial charge in [0.15, 0.2) is 5.96 Å². The van der Waals surface area contributed by atoms with Crippen LogP contribution in [0.1, 0.15) is 33.9 Å². The van der Waals surface area contributed by atoms with Crippen LogP contribution < -0.4 is 10.6 Å². The fourth-order valence-corrected chi connectivity index (χ4v) is 3.66. The molecular weight excluding hydrogens is 360 g/mol. The van der Waals surface area contributed by atoms with Crippen molar-refractivity contribution >= 4 is 17.3 Å². The van der Waals surface area contributed by atoms with Gasteiger partial charge < -0.3 is 20.1 Å². The normalized spacial score (nSPS) is 15.7. The van der Waals surface area contributed by atoms with Crippen molar-refractivity contribution in [3.63, 3.8) is 0 Å². The number of aliphatic imine (C=N–C) groups is 1. The topological polar surface area (TPSA) is 67.8 Å². The van der Waals surface area contributed by atoms with Crippen LogP contribution in [0.4, 0.5) is 0 Å². The number of thiazole rings is 1. The van der Waals surface area contributed by atoms with Gasteiger partial charge in [0.25, 0.3) is 0 Å². The molecule has 0 unspecified atom stereocenters. The zero-order valence-corrected chi connectivity index (χ0v) is 16.8. The number of hydrogen-bond donors (Lipinski definition) is 2. The van der Waals surface area contributed by atoms with Gasteiger partial charge in [-0.05, 0) is 30.9 Å². The van der Waals surface area contributed by atoms with E-state index in [2.05, 4.69) is 51.8 Å². The molecule has 0 radical (unpaired) electrons. The number of guanidine groups is 1. The molecule has 6 nitrogen and oxygen atoms in total. The third kappa shape index (κ3) is 6.61.